The number of hydrogen-bond acceptors (Lipinski definition) is 3. The summed E-state index contributed by atoms with van der Waals surface area (Å²) in [4.78, 5) is 0. The second-order valence-corrected chi connectivity index (χ2v) is 3.82. The zero-order valence-corrected chi connectivity index (χ0v) is 10.1. The van der Waals surface area contributed by atoms with Gasteiger partial charge in [0.1, 0.15) is 0 Å². The second-order valence-electron chi connectivity index (χ2n) is 3.82. The summed E-state index contributed by atoms with van der Waals surface area (Å²) >= 11 is 0. The quantitative estimate of drug-likeness (QED) is 0.720. The van der Waals surface area contributed by atoms with Crippen molar-refractivity contribution in [3.63, 3.8) is 0 Å². The van der Waals surface area contributed by atoms with Gasteiger partial charge in [0.25, 0.3) is 0 Å². The van der Waals surface area contributed by atoms with Crippen molar-refractivity contribution in [3.05, 3.63) is 35.9 Å². The molecule has 0 aliphatic rings. The molecular weight excluding hydrogens is 202 g/mol. The summed E-state index contributed by atoms with van der Waals surface area (Å²) in [6, 6.07) is 10.4. The Labute approximate surface area is 97.6 Å². The van der Waals surface area contributed by atoms with Gasteiger partial charge in [0.2, 0.25) is 0 Å². The lowest BCUT2D eigenvalue weighted by Gasteiger charge is -2.21. The Bertz CT molecular complexity index is 273. The van der Waals surface area contributed by atoms with Crippen molar-refractivity contribution >= 4 is 0 Å². The second kappa shape index (κ2) is 7.39. The maximum atomic E-state index is 5.64. The van der Waals surface area contributed by atoms with Crippen molar-refractivity contribution in [2.24, 2.45) is 5.73 Å². The lowest BCUT2D eigenvalue weighted by Crippen LogP contribution is -2.19. The van der Waals surface area contributed by atoms with E-state index in [2.05, 4.69) is 12.1 Å². The van der Waals surface area contributed by atoms with Gasteiger partial charge in [-0.05, 0) is 24.4 Å². The molecule has 0 saturated heterocycles. The van der Waals surface area contributed by atoms with Crippen LogP contribution in [0.4, 0.5) is 0 Å². The van der Waals surface area contributed by atoms with Crippen LogP contribution < -0.4 is 5.73 Å². The van der Waals surface area contributed by atoms with Crippen molar-refractivity contribution in [3.8, 4) is 0 Å². The number of hydrogen-bond donors (Lipinski definition) is 1. The molecule has 0 aromatic heterocycles. The van der Waals surface area contributed by atoms with Crippen LogP contribution in [0, 0.1) is 0 Å². The molecule has 1 aromatic carbocycles. The van der Waals surface area contributed by atoms with Crippen molar-refractivity contribution in [1.82, 2.24) is 0 Å². The minimum atomic E-state index is -0.156. The van der Waals surface area contributed by atoms with Gasteiger partial charge in [0.15, 0.2) is 6.29 Å². The standard InChI is InChI=1S/C13H21NO2/c1-15-13(16-2)10-12(8-9-14)11-6-4-3-5-7-11/h3-7,12-13H,8-10,14H2,1-2H3. The van der Waals surface area contributed by atoms with Crippen LogP contribution in [0.1, 0.15) is 24.3 Å². The van der Waals surface area contributed by atoms with E-state index in [0.29, 0.717) is 12.5 Å². The van der Waals surface area contributed by atoms with E-state index in [1.165, 1.54) is 5.56 Å². The zero-order valence-electron chi connectivity index (χ0n) is 10.1. The Morgan fingerprint density at radius 3 is 2.25 bits per heavy atom. The molecule has 2 N–H and O–H groups in total. The van der Waals surface area contributed by atoms with Gasteiger partial charge in [-0.15, -0.1) is 0 Å². The van der Waals surface area contributed by atoms with E-state index in [9.17, 15) is 0 Å². The minimum Gasteiger partial charge on any atom is -0.356 e. The Morgan fingerprint density at radius 1 is 1.12 bits per heavy atom. The van der Waals surface area contributed by atoms with Gasteiger partial charge in [-0.1, -0.05) is 30.3 Å². The SMILES string of the molecule is COC(CC(CCN)c1ccccc1)OC. The number of rotatable bonds is 7. The fourth-order valence-corrected chi connectivity index (χ4v) is 1.87. The maximum Gasteiger partial charge on any atom is 0.157 e. The van der Waals surface area contributed by atoms with E-state index in [1.54, 1.807) is 14.2 Å². The van der Waals surface area contributed by atoms with E-state index >= 15 is 0 Å². The molecule has 3 heteroatoms. The van der Waals surface area contributed by atoms with Gasteiger partial charge in [0, 0.05) is 20.6 Å². The molecule has 90 valence electrons. The third kappa shape index (κ3) is 3.93. The smallest absolute Gasteiger partial charge is 0.157 e. The molecule has 0 fully saturated rings. The van der Waals surface area contributed by atoms with Crippen LogP contribution in [0.25, 0.3) is 0 Å². The first-order chi connectivity index (χ1) is 7.81. The summed E-state index contributed by atoms with van der Waals surface area (Å²) < 4.78 is 10.5. The Balaban J connectivity index is 2.67. The first-order valence-electron chi connectivity index (χ1n) is 5.62. The lowest BCUT2D eigenvalue weighted by molar-refractivity contribution is -0.109. The zero-order chi connectivity index (χ0) is 11.8. The summed E-state index contributed by atoms with van der Waals surface area (Å²) in [6.45, 7) is 0.680. The molecule has 0 bridgehead atoms. The minimum absolute atomic E-state index is 0.156. The molecular formula is C13H21NO2. The molecule has 3 nitrogen and oxygen atoms in total. The van der Waals surface area contributed by atoms with Crippen molar-refractivity contribution in [2.45, 2.75) is 25.0 Å². The topological polar surface area (TPSA) is 44.5 Å². The molecule has 1 atom stereocenters. The number of benzene rings is 1. The highest BCUT2D eigenvalue weighted by Crippen LogP contribution is 2.25. The maximum absolute atomic E-state index is 5.64. The molecule has 0 saturated carbocycles. The van der Waals surface area contributed by atoms with Crippen LogP contribution >= 0.6 is 0 Å². The van der Waals surface area contributed by atoms with Gasteiger partial charge in [-0.3, -0.25) is 0 Å². The molecule has 0 aliphatic carbocycles. The lowest BCUT2D eigenvalue weighted by atomic mass is 9.92. The van der Waals surface area contributed by atoms with E-state index < -0.39 is 0 Å². The van der Waals surface area contributed by atoms with Crippen molar-refractivity contribution < 1.29 is 9.47 Å². The largest absolute Gasteiger partial charge is 0.356 e. The summed E-state index contributed by atoms with van der Waals surface area (Å²) in [5, 5.41) is 0. The molecule has 0 aliphatic heterocycles. The Kier molecular flexibility index (Phi) is 6.08. The highest BCUT2D eigenvalue weighted by atomic mass is 16.7. The fraction of sp³-hybridized carbons (Fsp3) is 0.538. The fourth-order valence-electron chi connectivity index (χ4n) is 1.87. The van der Waals surface area contributed by atoms with Crippen LogP contribution in [-0.4, -0.2) is 27.1 Å². The molecule has 1 rings (SSSR count). The molecule has 1 unspecified atom stereocenters. The van der Waals surface area contributed by atoms with Gasteiger partial charge in [-0.25, -0.2) is 0 Å². The summed E-state index contributed by atoms with van der Waals surface area (Å²) in [6.07, 6.45) is 1.64. The number of ether oxygens (including phenoxy) is 2. The van der Waals surface area contributed by atoms with Crippen LogP contribution in [0.2, 0.25) is 0 Å². The van der Waals surface area contributed by atoms with Crippen LogP contribution in [0.3, 0.4) is 0 Å². The number of methoxy groups -OCH3 is 2. The summed E-state index contributed by atoms with van der Waals surface area (Å²) in [7, 11) is 3.33. The van der Waals surface area contributed by atoms with E-state index in [1.807, 2.05) is 18.2 Å². The Morgan fingerprint density at radius 2 is 1.75 bits per heavy atom. The molecule has 16 heavy (non-hydrogen) atoms. The van der Waals surface area contributed by atoms with E-state index in [0.717, 1.165) is 12.8 Å². The third-order valence-electron chi connectivity index (χ3n) is 2.79. The van der Waals surface area contributed by atoms with Gasteiger partial charge >= 0.3 is 0 Å². The van der Waals surface area contributed by atoms with Gasteiger partial charge in [0.05, 0.1) is 0 Å². The van der Waals surface area contributed by atoms with Crippen LogP contribution in [-0.2, 0) is 9.47 Å². The van der Waals surface area contributed by atoms with Gasteiger partial charge in [-0.2, -0.15) is 0 Å². The summed E-state index contributed by atoms with van der Waals surface area (Å²) in [5.41, 5.74) is 6.94. The average molecular weight is 223 g/mol. The Hall–Kier alpha value is -0.900. The van der Waals surface area contributed by atoms with E-state index in [-0.39, 0.29) is 6.29 Å². The average Bonchev–Trinajstić information content (AvgIpc) is 2.35. The van der Waals surface area contributed by atoms with Crippen molar-refractivity contribution in [2.75, 3.05) is 20.8 Å². The first kappa shape index (κ1) is 13.2. The monoisotopic (exact) mass is 223 g/mol. The third-order valence-corrected chi connectivity index (χ3v) is 2.79. The van der Waals surface area contributed by atoms with E-state index in [4.69, 9.17) is 15.2 Å². The first-order valence-corrected chi connectivity index (χ1v) is 5.62. The molecule has 0 radical (unpaired) electrons. The molecule has 0 heterocycles. The molecule has 1 aromatic rings. The molecule has 0 spiro atoms. The molecule has 0 amide bonds. The van der Waals surface area contributed by atoms with Gasteiger partial charge < -0.3 is 15.2 Å². The number of nitrogens with two attached hydrogens (primary N) is 1. The highest BCUT2D eigenvalue weighted by molar-refractivity contribution is 5.19. The van der Waals surface area contributed by atoms with Crippen LogP contribution in [0.5, 0.6) is 0 Å². The predicted octanol–water partition coefficient (Wildman–Crippen LogP) is 2.13. The van der Waals surface area contributed by atoms with Crippen molar-refractivity contribution in [1.29, 1.82) is 0 Å². The van der Waals surface area contributed by atoms with Crippen LogP contribution in [0.15, 0.2) is 30.3 Å². The predicted molar refractivity (Wildman–Crippen MR) is 65.3 cm³/mol. The normalized spacial score (nSPS) is 13.0. The highest BCUT2D eigenvalue weighted by Gasteiger charge is 2.16. The summed E-state index contributed by atoms with van der Waals surface area (Å²) in [5.74, 6) is 0.399.